The van der Waals surface area contributed by atoms with Crippen LogP contribution in [-0.2, 0) is 14.3 Å². The van der Waals surface area contributed by atoms with Gasteiger partial charge in [-0.2, -0.15) is 0 Å². The van der Waals surface area contributed by atoms with Crippen LogP contribution < -0.4 is 10.1 Å². The Bertz CT molecular complexity index is 552. The summed E-state index contributed by atoms with van der Waals surface area (Å²) in [4.78, 5) is 26.3. The first-order chi connectivity index (χ1) is 10.7. The fraction of sp³-hybridized carbons (Fsp3) is 0.500. The summed E-state index contributed by atoms with van der Waals surface area (Å²) in [7, 11) is 1.61. The Morgan fingerprint density at radius 1 is 1.27 bits per heavy atom. The van der Waals surface area contributed by atoms with E-state index in [0.717, 1.165) is 11.3 Å². The minimum Gasteiger partial charge on any atom is -0.497 e. The van der Waals surface area contributed by atoms with Crippen LogP contribution >= 0.6 is 0 Å². The SMILES string of the molecule is COc1ccc([C@H]2NC(=O)C[C@@H]2C(=O)N2CCOCC2)cc1. The fourth-order valence-corrected chi connectivity index (χ4v) is 3.03. The lowest BCUT2D eigenvalue weighted by Crippen LogP contribution is -2.44. The summed E-state index contributed by atoms with van der Waals surface area (Å²) in [6.45, 7) is 2.32. The Morgan fingerprint density at radius 3 is 2.59 bits per heavy atom. The highest BCUT2D eigenvalue weighted by molar-refractivity contribution is 5.90. The van der Waals surface area contributed by atoms with Crippen molar-refractivity contribution in [1.82, 2.24) is 10.2 Å². The lowest BCUT2D eigenvalue weighted by molar-refractivity contribution is -0.140. The second-order valence-electron chi connectivity index (χ2n) is 5.57. The smallest absolute Gasteiger partial charge is 0.228 e. The van der Waals surface area contributed by atoms with E-state index in [4.69, 9.17) is 9.47 Å². The van der Waals surface area contributed by atoms with E-state index in [1.54, 1.807) is 12.0 Å². The van der Waals surface area contributed by atoms with E-state index in [-0.39, 0.29) is 30.2 Å². The van der Waals surface area contributed by atoms with Crippen LogP contribution in [0.15, 0.2) is 24.3 Å². The van der Waals surface area contributed by atoms with Gasteiger partial charge in [-0.1, -0.05) is 12.1 Å². The maximum atomic E-state index is 12.7. The molecule has 6 heteroatoms. The van der Waals surface area contributed by atoms with Crippen LogP contribution in [0.2, 0.25) is 0 Å². The van der Waals surface area contributed by atoms with Gasteiger partial charge in [0.2, 0.25) is 11.8 Å². The first-order valence-corrected chi connectivity index (χ1v) is 7.49. The van der Waals surface area contributed by atoms with Gasteiger partial charge in [0.25, 0.3) is 0 Å². The first kappa shape index (κ1) is 14.8. The van der Waals surface area contributed by atoms with Crippen LogP contribution in [-0.4, -0.2) is 50.1 Å². The molecule has 1 N–H and O–H groups in total. The van der Waals surface area contributed by atoms with E-state index < -0.39 is 0 Å². The van der Waals surface area contributed by atoms with Crippen molar-refractivity contribution in [3.05, 3.63) is 29.8 Å². The topological polar surface area (TPSA) is 67.9 Å². The number of carbonyl (C=O) groups excluding carboxylic acids is 2. The van der Waals surface area contributed by atoms with Gasteiger partial charge in [-0.25, -0.2) is 0 Å². The van der Waals surface area contributed by atoms with Crippen molar-refractivity contribution in [1.29, 1.82) is 0 Å². The standard InChI is InChI=1S/C16H20N2O4/c1-21-12-4-2-11(3-5-12)15-13(10-14(19)17-15)16(20)18-6-8-22-9-7-18/h2-5,13,15H,6-10H2,1H3,(H,17,19)/t13-,15+/m0/s1. The van der Waals surface area contributed by atoms with Gasteiger partial charge in [0.15, 0.2) is 0 Å². The lowest BCUT2D eigenvalue weighted by atomic mass is 9.92. The van der Waals surface area contributed by atoms with Crippen LogP contribution in [0.1, 0.15) is 18.0 Å². The molecule has 2 amide bonds. The van der Waals surface area contributed by atoms with Crippen molar-refractivity contribution in [3.8, 4) is 5.75 Å². The van der Waals surface area contributed by atoms with Crippen molar-refractivity contribution in [3.63, 3.8) is 0 Å². The molecule has 0 aliphatic carbocycles. The van der Waals surface area contributed by atoms with Crippen molar-refractivity contribution < 1.29 is 19.1 Å². The summed E-state index contributed by atoms with van der Waals surface area (Å²) < 4.78 is 10.4. The zero-order chi connectivity index (χ0) is 15.5. The highest BCUT2D eigenvalue weighted by Gasteiger charge is 2.40. The number of rotatable bonds is 3. The number of ether oxygens (including phenoxy) is 2. The van der Waals surface area contributed by atoms with E-state index in [9.17, 15) is 9.59 Å². The van der Waals surface area contributed by atoms with Gasteiger partial charge in [0, 0.05) is 19.5 Å². The van der Waals surface area contributed by atoms with Gasteiger partial charge in [-0.05, 0) is 17.7 Å². The van der Waals surface area contributed by atoms with Gasteiger partial charge in [-0.3, -0.25) is 9.59 Å². The maximum absolute atomic E-state index is 12.7. The Labute approximate surface area is 129 Å². The summed E-state index contributed by atoms with van der Waals surface area (Å²) in [6, 6.07) is 7.21. The van der Waals surface area contributed by atoms with Gasteiger partial charge in [0.1, 0.15) is 5.75 Å². The normalized spacial score (nSPS) is 25.0. The number of benzene rings is 1. The summed E-state index contributed by atoms with van der Waals surface area (Å²) >= 11 is 0. The largest absolute Gasteiger partial charge is 0.497 e. The summed E-state index contributed by atoms with van der Waals surface area (Å²) in [6.07, 6.45) is 0.243. The number of carbonyl (C=O) groups is 2. The Hall–Kier alpha value is -2.08. The van der Waals surface area contributed by atoms with E-state index >= 15 is 0 Å². The van der Waals surface area contributed by atoms with Gasteiger partial charge in [-0.15, -0.1) is 0 Å². The van der Waals surface area contributed by atoms with Crippen LogP contribution in [0.25, 0.3) is 0 Å². The Balaban J connectivity index is 1.78. The quantitative estimate of drug-likeness (QED) is 0.894. The van der Waals surface area contributed by atoms with Crippen LogP contribution in [0, 0.1) is 5.92 Å². The molecule has 0 unspecified atom stereocenters. The molecule has 0 radical (unpaired) electrons. The number of morpholine rings is 1. The summed E-state index contributed by atoms with van der Waals surface area (Å²) in [5.74, 6) is 0.359. The number of hydrogen-bond acceptors (Lipinski definition) is 4. The first-order valence-electron chi connectivity index (χ1n) is 7.49. The number of amides is 2. The fourth-order valence-electron chi connectivity index (χ4n) is 3.03. The number of nitrogens with one attached hydrogen (secondary N) is 1. The molecule has 0 spiro atoms. The molecule has 0 aromatic heterocycles. The predicted molar refractivity (Wildman–Crippen MR) is 79.4 cm³/mol. The Morgan fingerprint density at radius 2 is 1.95 bits per heavy atom. The molecule has 2 saturated heterocycles. The number of hydrogen-bond donors (Lipinski definition) is 1. The maximum Gasteiger partial charge on any atom is 0.228 e. The van der Waals surface area contributed by atoms with Crippen molar-refractivity contribution in [2.75, 3.05) is 33.4 Å². The molecule has 2 aliphatic heterocycles. The van der Waals surface area contributed by atoms with E-state index in [1.165, 1.54) is 0 Å². The molecule has 1 aromatic carbocycles. The third-order valence-corrected chi connectivity index (χ3v) is 4.24. The molecule has 118 valence electrons. The third kappa shape index (κ3) is 2.92. The summed E-state index contributed by atoms with van der Waals surface area (Å²) in [5.41, 5.74) is 0.929. The molecule has 22 heavy (non-hydrogen) atoms. The van der Waals surface area contributed by atoms with E-state index in [2.05, 4.69) is 5.32 Å². The second kappa shape index (κ2) is 6.36. The number of nitrogens with zero attached hydrogens (tertiary/aromatic N) is 1. The molecule has 3 rings (SSSR count). The average Bonchev–Trinajstić information content (AvgIpc) is 2.97. The van der Waals surface area contributed by atoms with Crippen molar-refractivity contribution >= 4 is 11.8 Å². The monoisotopic (exact) mass is 304 g/mol. The molecular weight excluding hydrogens is 284 g/mol. The van der Waals surface area contributed by atoms with Crippen LogP contribution in [0.3, 0.4) is 0 Å². The van der Waals surface area contributed by atoms with Crippen LogP contribution in [0.5, 0.6) is 5.75 Å². The lowest BCUT2D eigenvalue weighted by Gasteiger charge is -2.30. The minimum absolute atomic E-state index is 0.0301. The molecule has 2 heterocycles. The predicted octanol–water partition coefficient (Wildman–Crippen LogP) is 0.731. The zero-order valence-corrected chi connectivity index (χ0v) is 12.6. The second-order valence-corrected chi connectivity index (χ2v) is 5.57. The van der Waals surface area contributed by atoms with Crippen LogP contribution in [0.4, 0.5) is 0 Å². The molecular formula is C16H20N2O4. The molecule has 0 bridgehead atoms. The molecule has 2 fully saturated rings. The molecule has 0 saturated carbocycles. The molecule has 1 aromatic rings. The Kier molecular flexibility index (Phi) is 4.29. The molecule has 2 atom stereocenters. The highest BCUT2D eigenvalue weighted by Crippen LogP contribution is 2.32. The number of methoxy groups -OCH3 is 1. The average molecular weight is 304 g/mol. The zero-order valence-electron chi connectivity index (χ0n) is 12.6. The van der Waals surface area contributed by atoms with Crippen molar-refractivity contribution in [2.45, 2.75) is 12.5 Å². The minimum atomic E-state index is -0.348. The van der Waals surface area contributed by atoms with Gasteiger partial charge < -0.3 is 19.7 Å². The summed E-state index contributed by atoms with van der Waals surface area (Å²) in [5, 5.41) is 2.92. The molecule has 2 aliphatic rings. The van der Waals surface area contributed by atoms with Gasteiger partial charge in [0.05, 0.1) is 32.3 Å². The third-order valence-electron chi connectivity index (χ3n) is 4.24. The van der Waals surface area contributed by atoms with E-state index in [0.29, 0.717) is 26.3 Å². The van der Waals surface area contributed by atoms with Crippen molar-refractivity contribution in [2.24, 2.45) is 5.92 Å². The van der Waals surface area contributed by atoms with E-state index in [1.807, 2.05) is 24.3 Å². The highest BCUT2D eigenvalue weighted by atomic mass is 16.5. The van der Waals surface area contributed by atoms with Gasteiger partial charge >= 0.3 is 0 Å². The molecule has 6 nitrogen and oxygen atoms in total.